The fourth-order valence-electron chi connectivity index (χ4n) is 8.10. The Morgan fingerprint density at radius 2 is 1.66 bits per heavy atom. The molecule has 190 valence electrons. The van der Waals surface area contributed by atoms with Gasteiger partial charge in [0.1, 0.15) is 0 Å². The molecule has 2 aliphatic rings. The molecule has 2 rings (SSSR count). The fraction of sp³-hybridized carbons (Fsp3) is 1.00. The Kier molecular flexibility index (Phi) is 11.1. The summed E-state index contributed by atoms with van der Waals surface area (Å²) in [7, 11) is 4.61. The van der Waals surface area contributed by atoms with Crippen molar-refractivity contribution in [2.45, 2.75) is 150 Å². The van der Waals surface area contributed by atoms with E-state index in [1.165, 1.54) is 83.5 Å². The Hall–Kier alpha value is -0.0800. The molecule has 0 aromatic heterocycles. The van der Waals surface area contributed by atoms with Crippen molar-refractivity contribution >= 4 is 0 Å². The first kappa shape index (κ1) is 28.2. The van der Waals surface area contributed by atoms with Crippen LogP contribution in [-0.4, -0.2) is 37.1 Å². The van der Waals surface area contributed by atoms with Crippen LogP contribution in [0.25, 0.3) is 0 Å². The summed E-state index contributed by atoms with van der Waals surface area (Å²) in [5, 5.41) is 3.65. The lowest BCUT2D eigenvalue weighted by atomic mass is 9.62. The van der Waals surface area contributed by atoms with E-state index in [9.17, 15) is 0 Å². The summed E-state index contributed by atoms with van der Waals surface area (Å²) >= 11 is 0. The van der Waals surface area contributed by atoms with Crippen LogP contribution in [0.15, 0.2) is 0 Å². The minimum atomic E-state index is 0.453. The second-order valence-electron chi connectivity index (χ2n) is 12.9. The predicted octanol–water partition coefficient (Wildman–Crippen LogP) is 8.30. The van der Waals surface area contributed by atoms with Crippen molar-refractivity contribution < 1.29 is 0 Å². The first-order valence-electron chi connectivity index (χ1n) is 14.5. The van der Waals surface area contributed by atoms with E-state index in [4.69, 9.17) is 0 Å². The van der Waals surface area contributed by atoms with Gasteiger partial charge in [-0.2, -0.15) is 0 Å². The van der Waals surface area contributed by atoms with E-state index in [1.54, 1.807) is 0 Å². The molecule has 0 amide bonds. The highest BCUT2D eigenvalue weighted by Gasteiger charge is 2.50. The fourth-order valence-corrected chi connectivity index (χ4v) is 8.10. The van der Waals surface area contributed by atoms with Crippen LogP contribution in [0, 0.1) is 28.6 Å². The molecule has 1 N–H and O–H groups in total. The molecule has 1 aliphatic carbocycles. The Morgan fingerprint density at radius 3 is 2.28 bits per heavy atom. The molecular formula is C30H60N2. The van der Waals surface area contributed by atoms with Crippen molar-refractivity contribution in [1.29, 1.82) is 0 Å². The van der Waals surface area contributed by atoms with Crippen molar-refractivity contribution in [1.82, 2.24) is 10.2 Å². The SMILES string of the molecule is CCCC1C(CC)C(C)(C)C(CCCCCCC(C)C(C)(C)C2CCCCC2NC)N1C. The van der Waals surface area contributed by atoms with Gasteiger partial charge in [-0.05, 0) is 68.4 Å². The number of unbranched alkanes of at least 4 members (excludes halogenated alkanes) is 3. The monoisotopic (exact) mass is 448 g/mol. The first-order chi connectivity index (χ1) is 15.1. The van der Waals surface area contributed by atoms with Crippen LogP contribution in [0.2, 0.25) is 0 Å². The molecule has 1 heterocycles. The molecule has 1 aliphatic heterocycles. The van der Waals surface area contributed by atoms with Crippen LogP contribution in [0.4, 0.5) is 0 Å². The summed E-state index contributed by atoms with van der Waals surface area (Å²) < 4.78 is 0. The van der Waals surface area contributed by atoms with Gasteiger partial charge in [0, 0.05) is 18.1 Å². The molecule has 0 radical (unpaired) electrons. The minimum Gasteiger partial charge on any atom is -0.317 e. The molecular weight excluding hydrogens is 388 g/mol. The summed E-state index contributed by atoms with van der Waals surface area (Å²) in [6.07, 6.45) is 18.2. The smallest absolute Gasteiger partial charge is 0.0150 e. The topological polar surface area (TPSA) is 15.3 Å². The predicted molar refractivity (Wildman–Crippen MR) is 143 cm³/mol. The molecule has 0 aromatic rings. The largest absolute Gasteiger partial charge is 0.317 e. The van der Waals surface area contributed by atoms with Crippen molar-refractivity contribution in [2.24, 2.45) is 28.6 Å². The van der Waals surface area contributed by atoms with Crippen molar-refractivity contribution in [3.05, 3.63) is 0 Å². The average Bonchev–Trinajstić information content (AvgIpc) is 2.94. The first-order valence-corrected chi connectivity index (χ1v) is 14.5. The lowest BCUT2D eigenvalue weighted by Gasteiger charge is -2.46. The summed E-state index contributed by atoms with van der Waals surface area (Å²) in [6.45, 7) is 17.6. The molecule has 6 unspecified atom stereocenters. The summed E-state index contributed by atoms with van der Waals surface area (Å²) in [5.41, 5.74) is 0.917. The zero-order valence-electron chi connectivity index (χ0n) is 23.6. The van der Waals surface area contributed by atoms with Crippen molar-refractivity contribution in [3.8, 4) is 0 Å². The van der Waals surface area contributed by atoms with E-state index in [-0.39, 0.29) is 0 Å². The van der Waals surface area contributed by atoms with Gasteiger partial charge in [0.2, 0.25) is 0 Å². The second kappa shape index (κ2) is 12.6. The zero-order chi connectivity index (χ0) is 23.9. The quantitative estimate of drug-likeness (QED) is 0.285. The van der Waals surface area contributed by atoms with Crippen molar-refractivity contribution in [3.63, 3.8) is 0 Å². The average molecular weight is 449 g/mol. The van der Waals surface area contributed by atoms with E-state index < -0.39 is 0 Å². The van der Waals surface area contributed by atoms with Gasteiger partial charge in [-0.3, -0.25) is 4.90 Å². The van der Waals surface area contributed by atoms with Crippen molar-refractivity contribution in [2.75, 3.05) is 14.1 Å². The maximum absolute atomic E-state index is 3.65. The van der Waals surface area contributed by atoms with Crippen LogP contribution in [0.3, 0.4) is 0 Å². The molecule has 1 saturated heterocycles. The van der Waals surface area contributed by atoms with Gasteiger partial charge in [0.25, 0.3) is 0 Å². The molecule has 6 atom stereocenters. The van der Waals surface area contributed by atoms with Gasteiger partial charge in [-0.25, -0.2) is 0 Å². The summed E-state index contributed by atoms with van der Waals surface area (Å²) in [5.74, 6) is 2.53. The molecule has 2 nitrogen and oxygen atoms in total. The van der Waals surface area contributed by atoms with Crippen LogP contribution in [0.5, 0.6) is 0 Å². The van der Waals surface area contributed by atoms with E-state index in [2.05, 4.69) is 72.8 Å². The normalized spacial score (nSPS) is 32.3. The third-order valence-electron chi connectivity index (χ3n) is 10.5. The van der Waals surface area contributed by atoms with Gasteiger partial charge < -0.3 is 5.32 Å². The minimum absolute atomic E-state index is 0.453. The standard InChI is InChI=1S/C30H60N2/c1-10-18-27-24(11-2)30(6,7)28(32(27)9)22-15-13-12-14-19-23(3)29(4,5)25-20-16-17-21-26(25)31-8/h23-28,31H,10-22H2,1-9H3. The molecule has 1 saturated carbocycles. The number of nitrogens with one attached hydrogen (secondary N) is 1. The maximum Gasteiger partial charge on any atom is 0.0150 e. The highest BCUT2D eigenvalue weighted by molar-refractivity contribution is 5.03. The number of hydrogen-bond donors (Lipinski definition) is 1. The third-order valence-corrected chi connectivity index (χ3v) is 10.5. The van der Waals surface area contributed by atoms with Crippen LogP contribution in [-0.2, 0) is 0 Å². The van der Waals surface area contributed by atoms with Gasteiger partial charge in [0.05, 0.1) is 0 Å². The van der Waals surface area contributed by atoms with Crippen LogP contribution < -0.4 is 5.32 Å². The molecule has 0 spiro atoms. The number of hydrogen-bond acceptors (Lipinski definition) is 2. The van der Waals surface area contributed by atoms with Gasteiger partial charge in [-0.1, -0.05) is 106 Å². The van der Waals surface area contributed by atoms with Gasteiger partial charge in [0.15, 0.2) is 0 Å². The molecule has 0 bridgehead atoms. The van der Waals surface area contributed by atoms with E-state index in [0.29, 0.717) is 10.8 Å². The molecule has 2 heteroatoms. The molecule has 0 aromatic carbocycles. The zero-order valence-corrected chi connectivity index (χ0v) is 23.6. The summed E-state index contributed by atoms with van der Waals surface area (Å²) in [4.78, 5) is 2.78. The highest BCUT2D eigenvalue weighted by Crippen LogP contribution is 2.49. The number of rotatable bonds is 13. The molecule has 32 heavy (non-hydrogen) atoms. The lowest BCUT2D eigenvalue weighted by molar-refractivity contribution is 0.0597. The van der Waals surface area contributed by atoms with E-state index >= 15 is 0 Å². The Balaban J connectivity index is 1.75. The Labute approximate surface area is 203 Å². The Morgan fingerprint density at radius 1 is 1.00 bits per heavy atom. The van der Waals surface area contributed by atoms with Crippen LogP contribution >= 0.6 is 0 Å². The third kappa shape index (κ3) is 6.32. The van der Waals surface area contributed by atoms with E-state index in [1.807, 2.05) is 0 Å². The molecule has 2 fully saturated rings. The van der Waals surface area contributed by atoms with Gasteiger partial charge in [-0.15, -0.1) is 0 Å². The Bertz CT molecular complexity index is 525. The number of likely N-dealkylation sites (tertiary alicyclic amines) is 1. The lowest BCUT2D eigenvalue weighted by Crippen LogP contribution is -2.46. The number of nitrogens with zero attached hydrogens (tertiary/aromatic N) is 1. The highest BCUT2D eigenvalue weighted by atomic mass is 15.2. The summed E-state index contributed by atoms with van der Waals surface area (Å²) in [6, 6.07) is 2.30. The van der Waals surface area contributed by atoms with E-state index in [0.717, 1.165) is 35.9 Å². The van der Waals surface area contributed by atoms with Crippen LogP contribution in [0.1, 0.15) is 132 Å². The maximum atomic E-state index is 3.65. The van der Waals surface area contributed by atoms with Gasteiger partial charge >= 0.3 is 0 Å². The second-order valence-corrected chi connectivity index (χ2v) is 12.9.